The summed E-state index contributed by atoms with van der Waals surface area (Å²) < 4.78 is 5.92. The van der Waals surface area contributed by atoms with Crippen LogP contribution in [0.4, 0.5) is 0 Å². The molecule has 1 atom stereocenters. The Morgan fingerprint density at radius 2 is 1.89 bits per heavy atom. The molecule has 98 valence electrons. The van der Waals surface area contributed by atoms with Gasteiger partial charge in [0.05, 0.1) is 0 Å². The summed E-state index contributed by atoms with van der Waals surface area (Å²) in [6.45, 7) is 0. The molecule has 2 aromatic rings. The van der Waals surface area contributed by atoms with Gasteiger partial charge in [0.25, 0.3) is 0 Å². The number of hydrogen-bond acceptors (Lipinski definition) is 2. The lowest BCUT2D eigenvalue weighted by molar-refractivity contribution is 0.259. The summed E-state index contributed by atoms with van der Waals surface area (Å²) in [5, 5.41) is 0.795. The third-order valence-electron chi connectivity index (χ3n) is 3.20. The van der Waals surface area contributed by atoms with Crippen molar-refractivity contribution in [1.29, 1.82) is 0 Å². The van der Waals surface area contributed by atoms with Gasteiger partial charge in [0.1, 0.15) is 11.9 Å². The van der Waals surface area contributed by atoms with E-state index in [0.717, 1.165) is 28.7 Å². The van der Waals surface area contributed by atoms with Crippen molar-refractivity contribution >= 4 is 23.4 Å². The fourth-order valence-corrected chi connectivity index (χ4v) is 3.36. The maximum absolute atomic E-state index is 5.92. The normalized spacial score (nSPS) is 17.0. The van der Waals surface area contributed by atoms with E-state index >= 15 is 0 Å². The van der Waals surface area contributed by atoms with E-state index in [0.29, 0.717) is 6.10 Å². The first-order valence-corrected chi connectivity index (χ1v) is 7.91. The minimum atomic E-state index is 0.315. The number of para-hydroxylation sites is 1. The molecule has 1 nitrogen and oxygen atoms in total. The maximum Gasteiger partial charge on any atom is 0.123 e. The Bertz CT molecular complexity index is 528. The molecule has 1 unspecified atom stereocenters. The summed E-state index contributed by atoms with van der Waals surface area (Å²) in [4.78, 5) is 0. The number of benzene rings is 2. The Balaban J connectivity index is 1.48. The molecule has 19 heavy (non-hydrogen) atoms. The highest BCUT2D eigenvalue weighted by Gasteiger charge is 2.21. The average Bonchev–Trinajstić information content (AvgIpc) is 2.83. The highest BCUT2D eigenvalue weighted by atomic mass is 35.5. The van der Waals surface area contributed by atoms with Crippen molar-refractivity contribution in [1.82, 2.24) is 0 Å². The molecule has 3 heteroatoms. The topological polar surface area (TPSA) is 9.23 Å². The third-order valence-corrected chi connectivity index (χ3v) is 4.60. The number of rotatable bonds is 4. The first kappa shape index (κ1) is 12.9. The van der Waals surface area contributed by atoms with Gasteiger partial charge >= 0.3 is 0 Å². The van der Waals surface area contributed by atoms with Crippen LogP contribution in [0.5, 0.6) is 5.75 Å². The summed E-state index contributed by atoms with van der Waals surface area (Å²) in [6, 6.07) is 16.4. The van der Waals surface area contributed by atoms with Gasteiger partial charge in [0.15, 0.2) is 0 Å². The van der Waals surface area contributed by atoms with Crippen molar-refractivity contribution in [3.63, 3.8) is 0 Å². The number of ether oxygens (including phenoxy) is 1. The van der Waals surface area contributed by atoms with E-state index in [1.165, 1.54) is 11.1 Å². The van der Waals surface area contributed by atoms with Crippen LogP contribution in [0.3, 0.4) is 0 Å². The van der Waals surface area contributed by atoms with Crippen LogP contribution in [0.2, 0.25) is 5.02 Å². The maximum atomic E-state index is 5.92. The van der Waals surface area contributed by atoms with E-state index in [1.54, 1.807) is 0 Å². The van der Waals surface area contributed by atoms with Crippen molar-refractivity contribution in [3.8, 4) is 5.75 Å². The standard InChI is InChI=1S/C16H15ClOS/c17-14-7-5-12(6-8-14)10-19-11-15-9-13-3-1-2-4-16(13)18-15/h1-8,15H,9-11H2. The summed E-state index contributed by atoms with van der Waals surface area (Å²) in [6.07, 6.45) is 1.35. The van der Waals surface area contributed by atoms with Crippen LogP contribution in [0, 0.1) is 0 Å². The van der Waals surface area contributed by atoms with Gasteiger partial charge in [-0.25, -0.2) is 0 Å². The predicted molar refractivity (Wildman–Crippen MR) is 82.2 cm³/mol. The van der Waals surface area contributed by atoms with Crippen molar-refractivity contribution in [2.45, 2.75) is 18.3 Å². The van der Waals surface area contributed by atoms with Gasteiger partial charge in [-0.1, -0.05) is 41.9 Å². The van der Waals surface area contributed by atoms with Crippen LogP contribution in [-0.4, -0.2) is 11.9 Å². The first-order valence-electron chi connectivity index (χ1n) is 6.38. The lowest BCUT2D eigenvalue weighted by atomic mass is 10.1. The monoisotopic (exact) mass is 290 g/mol. The van der Waals surface area contributed by atoms with Gasteiger partial charge in [0.2, 0.25) is 0 Å². The van der Waals surface area contributed by atoms with E-state index in [-0.39, 0.29) is 0 Å². The number of halogens is 1. The largest absolute Gasteiger partial charge is 0.489 e. The second-order valence-electron chi connectivity index (χ2n) is 4.69. The molecule has 0 radical (unpaired) electrons. The van der Waals surface area contributed by atoms with Crippen molar-refractivity contribution < 1.29 is 4.74 Å². The molecular formula is C16H15ClOS. The molecule has 0 fully saturated rings. The minimum absolute atomic E-state index is 0.315. The summed E-state index contributed by atoms with van der Waals surface area (Å²) >= 11 is 7.79. The molecule has 1 heterocycles. The Hall–Kier alpha value is -1.12. The molecule has 0 amide bonds. The number of hydrogen-bond donors (Lipinski definition) is 0. The summed E-state index contributed by atoms with van der Waals surface area (Å²) in [7, 11) is 0. The zero-order chi connectivity index (χ0) is 13.1. The van der Waals surface area contributed by atoms with Crippen LogP contribution in [0.1, 0.15) is 11.1 Å². The Kier molecular flexibility index (Phi) is 4.00. The zero-order valence-corrected chi connectivity index (χ0v) is 12.1. The Labute approximate surface area is 122 Å². The highest BCUT2D eigenvalue weighted by Crippen LogP contribution is 2.30. The quantitative estimate of drug-likeness (QED) is 0.815. The highest BCUT2D eigenvalue weighted by molar-refractivity contribution is 7.98. The zero-order valence-electron chi connectivity index (χ0n) is 10.5. The Morgan fingerprint density at radius 1 is 1.11 bits per heavy atom. The second kappa shape index (κ2) is 5.89. The van der Waals surface area contributed by atoms with Crippen molar-refractivity contribution in [3.05, 3.63) is 64.7 Å². The number of fused-ring (bicyclic) bond motifs is 1. The van der Waals surface area contributed by atoms with Crippen LogP contribution >= 0.6 is 23.4 Å². The van der Waals surface area contributed by atoms with E-state index in [9.17, 15) is 0 Å². The van der Waals surface area contributed by atoms with Crippen LogP contribution in [-0.2, 0) is 12.2 Å². The van der Waals surface area contributed by atoms with E-state index in [2.05, 4.69) is 30.3 Å². The molecule has 0 spiro atoms. The van der Waals surface area contributed by atoms with E-state index < -0.39 is 0 Å². The molecule has 0 N–H and O–H groups in total. The van der Waals surface area contributed by atoms with Crippen molar-refractivity contribution in [2.24, 2.45) is 0 Å². The van der Waals surface area contributed by atoms with E-state index in [4.69, 9.17) is 16.3 Å². The SMILES string of the molecule is Clc1ccc(CSCC2Cc3ccccc3O2)cc1. The van der Waals surface area contributed by atoms with Crippen LogP contribution < -0.4 is 4.74 Å². The van der Waals surface area contributed by atoms with Gasteiger partial charge in [0, 0.05) is 22.9 Å². The fourth-order valence-electron chi connectivity index (χ4n) is 2.24. The Morgan fingerprint density at radius 3 is 2.68 bits per heavy atom. The van der Waals surface area contributed by atoms with Gasteiger partial charge in [-0.05, 0) is 29.3 Å². The minimum Gasteiger partial charge on any atom is -0.489 e. The molecule has 0 saturated heterocycles. The molecule has 2 aromatic carbocycles. The summed E-state index contributed by atoms with van der Waals surface area (Å²) in [5.41, 5.74) is 2.64. The van der Waals surface area contributed by atoms with Gasteiger partial charge < -0.3 is 4.74 Å². The van der Waals surface area contributed by atoms with Crippen LogP contribution in [0.15, 0.2) is 48.5 Å². The second-order valence-corrected chi connectivity index (χ2v) is 6.16. The first-order chi connectivity index (χ1) is 9.31. The fraction of sp³-hybridized carbons (Fsp3) is 0.250. The number of thioether (sulfide) groups is 1. The molecule has 0 aliphatic carbocycles. The van der Waals surface area contributed by atoms with Gasteiger partial charge in [-0.15, -0.1) is 0 Å². The lowest BCUT2D eigenvalue weighted by Gasteiger charge is -2.10. The molecule has 1 aliphatic heterocycles. The molecule has 3 rings (SSSR count). The smallest absolute Gasteiger partial charge is 0.123 e. The predicted octanol–water partition coefficient (Wildman–Crippen LogP) is 4.58. The van der Waals surface area contributed by atoms with Crippen LogP contribution in [0.25, 0.3) is 0 Å². The van der Waals surface area contributed by atoms with Gasteiger partial charge in [-0.2, -0.15) is 11.8 Å². The molecule has 0 aromatic heterocycles. The van der Waals surface area contributed by atoms with Crippen molar-refractivity contribution in [2.75, 3.05) is 5.75 Å². The summed E-state index contributed by atoms with van der Waals surface area (Å²) in [5.74, 6) is 3.09. The lowest BCUT2D eigenvalue weighted by Crippen LogP contribution is -2.15. The molecular weight excluding hydrogens is 276 g/mol. The van der Waals surface area contributed by atoms with E-state index in [1.807, 2.05) is 30.0 Å². The molecule has 0 saturated carbocycles. The average molecular weight is 291 g/mol. The molecule has 1 aliphatic rings. The van der Waals surface area contributed by atoms with Gasteiger partial charge in [-0.3, -0.25) is 0 Å². The third kappa shape index (κ3) is 3.26. The molecule has 0 bridgehead atoms.